The Morgan fingerprint density at radius 1 is 1.14 bits per heavy atom. The number of carbonyl (C=O) groups is 1. The average Bonchev–Trinajstić information content (AvgIpc) is 2.73. The van der Waals surface area contributed by atoms with Crippen molar-refractivity contribution in [2.45, 2.75) is 6.54 Å². The number of nitrogen functional groups attached to an aromatic ring is 1. The summed E-state index contributed by atoms with van der Waals surface area (Å²) in [6.07, 6.45) is 0. The van der Waals surface area contributed by atoms with Crippen LogP contribution in [0.1, 0.15) is 15.9 Å². The van der Waals surface area contributed by atoms with Crippen LogP contribution in [0.2, 0.25) is 0 Å². The Hall–Kier alpha value is -3.06. The van der Waals surface area contributed by atoms with E-state index in [1.54, 1.807) is 7.11 Å². The minimum Gasteiger partial charge on any atom is -0.496 e. The van der Waals surface area contributed by atoms with E-state index >= 15 is 0 Å². The number of nitrogens with zero attached hydrogens (tertiary/aromatic N) is 3. The van der Waals surface area contributed by atoms with Crippen LogP contribution >= 0.6 is 0 Å². The molecule has 1 amide bonds. The number of aromatic nitrogens is 1. The van der Waals surface area contributed by atoms with Crippen LogP contribution in [0.5, 0.6) is 5.75 Å². The lowest BCUT2D eigenvalue weighted by Gasteiger charge is -2.35. The molecule has 4 rings (SSSR count). The molecular formula is C22H23BN4O2. The summed E-state index contributed by atoms with van der Waals surface area (Å²) < 4.78 is 5.33. The number of para-hydroxylation sites is 1. The monoisotopic (exact) mass is 386 g/mol. The first-order chi connectivity index (χ1) is 14.0. The lowest BCUT2D eigenvalue weighted by molar-refractivity contribution is 0.0626. The molecule has 2 heterocycles. The smallest absolute Gasteiger partial charge is 0.257 e. The zero-order valence-electron chi connectivity index (χ0n) is 16.5. The van der Waals surface area contributed by atoms with Crippen LogP contribution in [-0.2, 0) is 6.54 Å². The number of methoxy groups -OCH3 is 1. The first-order valence-corrected chi connectivity index (χ1v) is 9.64. The third kappa shape index (κ3) is 4.05. The van der Waals surface area contributed by atoms with Crippen LogP contribution in [0.4, 0.5) is 5.82 Å². The molecule has 29 heavy (non-hydrogen) atoms. The minimum atomic E-state index is 0.0104. The van der Waals surface area contributed by atoms with Crippen LogP contribution in [0, 0.1) is 0 Å². The quantitative estimate of drug-likeness (QED) is 0.690. The maximum Gasteiger partial charge on any atom is 0.257 e. The lowest BCUT2D eigenvalue weighted by atomic mass is 9.94. The number of hydrogen-bond acceptors (Lipinski definition) is 5. The van der Waals surface area contributed by atoms with E-state index in [1.165, 1.54) is 0 Å². The van der Waals surface area contributed by atoms with Crippen LogP contribution in [-0.4, -0.2) is 61.8 Å². The second kappa shape index (κ2) is 8.13. The number of carbonyl (C=O) groups excluding carboxylic acids is 1. The minimum absolute atomic E-state index is 0.0104. The molecule has 146 valence electrons. The standard InChI is InChI=1S/C22H23BN4O2/c1-29-20-5-3-2-4-18(20)22(28)27-10-8-26(9-11-27)14-15-12-21(24)25-19-13-16(23)6-7-17(15)19/h2-7,12-13H,8-11,14H2,1H3,(H2,24,25). The largest absolute Gasteiger partial charge is 0.496 e. The zero-order valence-corrected chi connectivity index (χ0v) is 16.5. The van der Waals surface area contributed by atoms with Crippen molar-refractivity contribution in [1.29, 1.82) is 0 Å². The Bertz CT molecular complexity index is 1040. The molecule has 0 atom stereocenters. The highest BCUT2D eigenvalue weighted by Gasteiger charge is 2.24. The topological polar surface area (TPSA) is 71.7 Å². The number of ether oxygens (including phenoxy) is 1. The van der Waals surface area contributed by atoms with Gasteiger partial charge in [-0.25, -0.2) is 4.98 Å². The molecule has 6 nitrogen and oxygen atoms in total. The van der Waals surface area contributed by atoms with E-state index in [9.17, 15) is 4.79 Å². The predicted molar refractivity (Wildman–Crippen MR) is 116 cm³/mol. The SMILES string of the molecule is [B]c1ccc2c(CN3CCN(C(=O)c4ccccc4OC)CC3)cc(N)nc2c1. The summed E-state index contributed by atoms with van der Waals surface area (Å²) >= 11 is 0. The van der Waals surface area contributed by atoms with Crippen molar-refractivity contribution in [3.05, 3.63) is 59.7 Å². The van der Waals surface area contributed by atoms with E-state index in [0.717, 1.165) is 36.1 Å². The van der Waals surface area contributed by atoms with Crippen molar-refractivity contribution in [3.8, 4) is 5.75 Å². The van der Waals surface area contributed by atoms with Crippen LogP contribution in [0.25, 0.3) is 10.9 Å². The molecule has 0 saturated carbocycles. The van der Waals surface area contributed by atoms with Crippen molar-refractivity contribution in [3.63, 3.8) is 0 Å². The molecule has 1 aromatic heterocycles. The Morgan fingerprint density at radius 3 is 2.66 bits per heavy atom. The highest BCUT2D eigenvalue weighted by atomic mass is 16.5. The summed E-state index contributed by atoms with van der Waals surface area (Å²) in [6.45, 7) is 3.67. The highest BCUT2D eigenvalue weighted by molar-refractivity contribution is 6.33. The van der Waals surface area contributed by atoms with Crippen molar-refractivity contribution in [1.82, 2.24) is 14.8 Å². The molecule has 0 spiro atoms. The number of benzene rings is 2. The van der Waals surface area contributed by atoms with Crippen molar-refractivity contribution in [2.24, 2.45) is 0 Å². The Morgan fingerprint density at radius 2 is 1.90 bits per heavy atom. The third-order valence-corrected chi connectivity index (χ3v) is 5.33. The molecule has 1 aliphatic heterocycles. The average molecular weight is 386 g/mol. The summed E-state index contributed by atoms with van der Waals surface area (Å²) in [5, 5.41) is 1.06. The second-order valence-electron chi connectivity index (χ2n) is 7.25. The number of anilines is 1. The number of fused-ring (bicyclic) bond motifs is 1. The predicted octanol–water partition coefficient (Wildman–Crippen LogP) is 1.58. The summed E-state index contributed by atoms with van der Waals surface area (Å²) in [4.78, 5) is 21.5. The van der Waals surface area contributed by atoms with Gasteiger partial charge >= 0.3 is 0 Å². The third-order valence-electron chi connectivity index (χ3n) is 5.33. The van der Waals surface area contributed by atoms with Crippen molar-refractivity contribution in [2.75, 3.05) is 39.0 Å². The highest BCUT2D eigenvalue weighted by Crippen LogP contribution is 2.23. The van der Waals surface area contributed by atoms with E-state index < -0.39 is 0 Å². The molecule has 2 N–H and O–H groups in total. The van der Waals surface area contributed by atoms with Gasteiger partial charge in [-0.3, -0.25) is 9.69 Å². The Labute approximate surface area is 171 Å². The molecule has 1 fully saturated rings. The van der Waals surface area contributed by atoms with Crippen LogP contribution in [0.3, 0.4) is 0 Å². The van der Waals surface area contributed by atoms with E-state index in [-0.39, 0.29) is 5.91 Å². The van der Waals surface area contributed by atoms with Gasteiger partial charge in [-0.1, -0.05) is 29.7 Å². The fourth-order valence-electron chi connectivity index (χ4n) is 3.81. The molecule has 0 aliphatic carbocycles. The molecule has 2 aromatic carbocycles. The normalized spacial score (nSPS) is 14.9. The maximum atomic E-state index is 12.9. The molecule has 7 heteroatoms. The van der Waals surface area contributed by atoms with E-state index in [4.69, 9.17) is 18.3 Å². The van der Waals surface area contributed by atoms with Gasteiger partial charge in [0.25, 0.3) is 5.91 Å². The Balaban J connectivity index is 1.46. The van der Waals surface area contributed by atoms with Gasteiger partial charge in [-0.05, 0) is 29.8 Å². The molecule has 2 radical (unpaired) electrons. The van der Waals surface area contributed by atoms with Gasteiger partial charge in [0.05, 0.1) is 18.2 Å². The summed E-state index contributed by atoms with van der Waals surface area (Å²) in [5.41, 5.74) is 9.21. The van der Waals surface area contributed by atoms with Crippen LogP contribution in [0.15, 0.2) is 48.5 Å². The number of pyridine rings is 1. The van der Waals surface area contributed by atoms with Gasteiger partial charge in [-0.2, -0.15) is 0 Å². The van der Waals surface area contributed by atoms with Crippen molar-refractivity contribution >= 4 is 35.9 Å². The van der Waals surface area contributed by atoms with Crippen LogP contribution < -0.4 is 15.9 Å². The summed E-state index contributed by atoms with van der Waals surface area (Å²) in [7, 11) is 7.47. The first kappa shape index (κ1) is 19.3. The van der Waals surface area contributed by atoms with Gasteiger partial charge in [0, 0.05) is 38.1 Å². The van der Waals surface area contributed by atoms with Gasteiger partial charge in [0.15, 0.2) is 0 Å². The summed E-state index contributed by atoms with van der Waals surface area (Å²) in [6, 6.07) is 15.0. The molecule has 1 saturated heterocycles. The Kier molecular flexibility index (Phi) is 5.40. The fraction of sp³-hybridized carbons (Fsp3) is 0.273. The van der Waals surface area contributed by atoms with Gasteiger partial charge in [0.2, 0.25) is 0 Å². The lowest BCUT2D eigenvalue weighted by Crippen LogP contribution is -2.48. The van der Waals surface area contributed by atoms with Gasteiger partial charge in [-0.15, -0.1) is 0 Å². The number of hydrogen-bond donors (Lipinski definition) is 1. The van der Waals surface area contributed by atoms with E-state index in [2.05, 4.69) is 9.88 Å². The number of nitrogens with two attached hydrogens (primary N) is 1. The number of rotatable bonds is 4. The molecular weight excluding hydrogens is 363 g/mol. The first-order valence-electron chi connectivity index (χ1n) is 9.64. The molecule has 0 bridgehead atoms. The maximum absolute atomic E-state index is 12.9. The molecule has 0 unspecified atom stereocenters. The molecule has 1 aliphatic rings. The summed E-state index contributed by atoms with van der Waals surface area (Å²) in [5.74, 6) is 1.11. The van der Waals surface area contributed by atoms with Gasteiger partial charge in [0.1, 0.15) is 19.4 Å². The fourth-order valence-corrected chi connectivity index (χ4v) is 3.81. The van der Waals surface area contributed by atoms with E-state index in [0.29, 0.717) is 35.7 Å². The second-order valence-corrected chi connectivity index (χ2v) is 7.25. The number of amides is 1. The number of piperazine rings is 1. The zero-order chi connectivity index (χ0) is 20.4. The van der Waals surface area contributed by atoms with E-state index in [1.807, 2.05) is 53.4 Å². The van der Waals surface area contributed by atoms with Gasteiger partial charge < -0.3 is 15.4 Å². The molecule has 3 aromatic rings. The van der Waals surface area contributed by atoms with Crippen molar-refractivity contribution < 1.29 is 9.53 Å².